The summed E-state index contributed by atoms with van der Waals surface area (Å²) in [5.41, 5.74) is 0.507. The lowest BCUT2D eigenvalue weighted by atomic mass is 9.90. The molecule has 0 fully saturated rings. The molecule has 0 amide bonds. The number of carboxylic acid groups (broad SMARTS) is 1. The summed E-state index contributed by atoms with van der Waals surface area (Å²) in [7, 11) is -3.34. The third-order valence-electron chi connectivity index (χ3n) is 2.37. The highest BCUT2D eigenvalue weighted by Gasteiger charge is 2.25. The zero-order valence-corrected chi connectivity index (χ0v) is 10.2. The molecule has 1 aromatic heterocycles. The van der Waals surface area contributed by atoms with E-state index in [4.69, 9.17) is 5.11 Å². The molecule has 1 N–H and O–H groups in total. The third kappa shape index (κ3) is 2.63. The average molecular weight is 245 g/mol. The minimum absolute atomic E-state index is 0.0899. The van der Waals surface area contributed by atoms with Gasteiger partial charge in [-0.05, 0) is 17.5 Å². The van der Waals surface area contributed by atoms with Gasteiger partial charge in [0.1, 0.15) is 0 Å². The smallest absolute Gasteiger partial charge is 0.311 e. The number of carboxylic acids is 1. The lowest BCUT2D eigenvalue weighted by molar-refractivity contribution is -0.139. The van der Waals surface area contributed by atoms with Crippen molar-refractivity contribution in [1.82, 2.24) is 3.97 Å². The van der Waals surface area contributed by atoms with Crippen molar-refractivity contribution >= 4 is 16.0 Å². The summed E-state index contributed by atoms with van der Waals surface area (Å²) in [4.78, 5) is 11.0. The maximum absolute atomic E-state index is 11.2. The Morgan fingerprint density at radius 3 is 2.31 bits per heavy atom. The molecular weight excluding hydrogens is 230 g/mol. The van der Waals surface area contributed by atoms with Gasteiger partial charge in [0.15, 0.2) is 0 Å². The fourth-order valence-corrected chi connectivity index (χ4v) is 2.19. The van der Waals surface area contributed by atoms with Crippen LogP contribution in [0.2, 0.25) is 0 Å². The summed E-state index contributed by atoms with van der Waals surface area (Å²) in [6, 6.07) is 1.53. The van der Waals surface area contributed by atoms with Crippen LogP contribution in [0.1, 0.15) is 25.3 Å². The van der Waals surface area contributed by atoms with Gasteiger partial charge in [0.2, 0.25) is 10.0 Å². The van der Waals surface area contributed by atoms with Gasteiger partial charge in [-0.2, -0.15) is 0 Å². The van der Waals surface area contributed by atoms with Crippen molar-refractivity contribution in [2.24, 2.45) is 5.92 Å². The van der Waals surface area contributed by atoms with Crippen LogP contribution >= 0.6 is 0 Å². The Labute approximate surface area is 94.8 Å². The van der Waals surface area contributed by atoms with E-state index in [1.807, 2.05) is 0 Å². The third-order valence-corrected chi connectivity index (χ3v) is 3.36. The van der Waals surface area contributed by atoms with Crippen LogP contribution < -0.4 is 0 Å². The maximum Gasteiger partial charge on any atom is 0.311 e. The molecule has 90 valence electrons. The van der Waals surface area contributed by atoms with Gasteiger partial charge >= 0.3 is 5.97 Å². The first-order chi connectivity index (χ1) is 7.23. The Morgan fingerprint density at radius 2 is 2.00 bits per heavy atom. The molecule has 0 aliphatic rings. The molecule has 1 aromatic rings. The van der Waals surface area contributed by atoms with Gasteiger partial charge in [-0.3, -0.25) is 8.77 Å². The lowest BCUT2D eigenvalue weighted by Gasteiger charge is -2.14. The van der Waals surface area contributed by atoms with Crippen LogP contribution in [0.4, 0.5) is 0 Å². The Morgan fingerprint density at radius 1 is 1.44 bits per heavy atom. The fourth-order valence-electron chi connectivity index (χ4n) is 1.60. The van der Waals surface area contributed by atoms with Gasteiger partial charge < -0.3 is 5.11 Å². The second-order valence-electron chi connectivity index (χ2n) is 4.10. The van der Waals surface area contributed by atoms with Crippen LogP contribution in [0.3, 0.4) is 0 Å². The van der Waals surface area contributed by atoms with E-state index in [0.717, 1.165) is 10.2 Å². The molecule has 1 heterocycles. The van der Waals surface area contributed by atoms with Crippen molar-refractivity contribution in [1.29, 1.82) is 0 Å². The normalized spacial score (nSPS) is 14.0. The number of rotatable bonds is 4. The first kappa shape index (κ1) is 12.8. The number of hydrogen-bond donors (Lipinski definition) is 1. The van der Waals surface area contributed by atoms with Gasteiger partial charge in [-0.1, -0.05) is 13.8 Å². The Bertz CT molecular complexity index is 487. The quantitative estimate of drug-likeness (QED) is 0.862. The van der Waals surface area contributed by atoms with Crippen molar-refractivity contribution < 1.29 is 18.3 Å². The molecule has 16 heavy (non-hydrogen) atoms. The highest BCUT2D eigenvalue weighted by atomic mass is 32.2. The predicted molar refractivity (Wildman–Crippen MR) is 59.9 cm³/mol. The first-order valence-corrected chi connectivity index (χ1v) is 6.69. The number of aromatic nitrogens is 1. The summed E-state index contributed by atoms with van der Waals surface area (Å²) in [6.45, 7) is 3.58. The van der Waals surface area contributed by atoms with E-state index >= 15 is 0 Å². The number of nitrogens with zero attached hydrogens (tertiary/aromatic N) is 1. The fraction of sp³-hybridized carbons (Fsp3) is 0.500. The highest BCUT2D eigenvalue weighted by Crippen LogP contribution is 2.25. The Kier molecular flexibility index (Phi) is 3.42. The number of carbonyl (C=O) groups is 1. The van der Waals surface area contributed by atoms with Crippen LogP contribution in [0.15, 0.2) is 18.5 Å². The van der Waals surface area contributed by atoms with Crippen molar-refractivity contribution in [3.8, 4) is 0 Å². The van der Waals surface area contributed by atoms with Gasteiger partial charge in [-0.15, -0.1) is 0 Å². The van der Waals surface area contributed by atoms with Crippen LogP contribution in [-0.2, 0) is 14.8 Å². The SMILES string of the molecule is CC(C)C(C(=O)O)c1ccn(S(C)(=O)=O)c1. The van der Waals surface area contributed by atoms with Crippen LogP contribution in [0.25, 0.3) is 0 Å². The summed E-state index contributed by atoms with van der Waals surface area (Å²) < 4.78 is 23.5. The minimum atomic E-state index is -3.34. The van der Waals surface area contributed by atoms with E-state index in [1.54, 1.807) is 13.8 Å². The molecule has 1 atom stereocenters. The molecular formula is C10H15NO4S. The standard InChI is InChI=1S/C10H15NO4S/c1-7(2)9(10(12)13)8-4-5-11(6-8)16(3,14)15/h4-7,9H,1-3H3,(H,12,13). The van der Waals surface area contributed by atoms with Crippen molar-refractivity contribution in [2.45, 2.75) is 19.8 Å². The van der Waals surface area contributed by atoms with E-state index in [-0.39, 0.29) is 5.92 Å². The molecule has 0 saturated carbocycles. The molecule has 0 aliphatic carbocycles. The van der Waals surface area contributed by atoms with Gasteiger partial charge in [0, 0.05) is 12.4 Å². The molecule has 6 heteroatoms. The monoisotopic (exact) mass is 245 g/mol. The molecule has 0 aliphatic heterocycles. The minimum Gasteiger partial charge on any atom is -0.481 e. The Balaban J connectivity index is 3.14. The van der Waals surface area contributed by atoms with E-state index in [0.29, 0.717) is 5.56 Å². The first-order valence-electron chi connectivity index (χ1n) is 4.84. The molecule has 0 aromatic carbocycles. The Hall–Kier alpha value is -1.30. The van der Waals surface area contributed by atoms with Crippen molar-refractivity contribution in [3.63, 3.8) is 0 Å². The van der Waals surface area contributed by atoms with E-state index in [2.05, 4.69) is 0 Å². The molecule has 1 unspecified atom stereocenters. The summed E-state index contributed by atoms with van der Waals surface area (Å²) in [6.07, 6.45) is 3.79. The van der Waals surface area contributed by atoms with E-state index < -0.39 is 21.9 Å². The predicted octanol–water partition coefficient (Wildman–Crippen LogP) is 1.12. The topological polar surface area (TPSA) is 76.4 Å². The zero-order chi connectivity index (χ0) is 12.5. The van der Waals surface area contributed by atoms with Crippen LogP contribution in [0.5, 0.6) is 0 Å². The van der Waals surface area contributed by atoms with Crippen LogP contribution in [-0.4, -0.2) is 29.7 Å². The van der Waals surface area contributed by atoms with E-state index in [1.165, 1.54) is 18.5 Å². The molecule has 0 saturated heterocycles. The molecule has 0 spiro atoms. The molecule has 0 bridgehead atoms. The molecule has 1 rings (SSSR count). The average Bonchev–Trinajstić information content (AvgIpc) is 2.50. The lowest BCUT2D eigenvalue weighted by Crippen LogP contribution is -2.17. The summed E-state index contributed by atoms with van der Waals surface area (Å²) in [5.74, 6) is -1.71. The number of hydrogen-bond acceptors (Lipinski definition) is 3. The van der Waals surface area contributed by atoms with Crippen molar-refractivity contribution in [3.05, 3.63) is 24.0 Å². The highest BCUT2D eigenvalue weighted by molar-refractivity contribution is 7.89. The maximum atomic E-state index is 11.2. The largest absolute Gasteiger partial charge is 0.481 e. The second kappa shape index (κ2) is 4.29. The summed E-state index contributed by atoms with van der Waals surface area (Å²) >= 11 is 0. The van der Waals surface area contributed by atoms with E-state index in [9.17, 15) is 13.2 Å². The van der Waals surface area contributed by atoms with Crippen LogP contribution in [0, 0.1) is 5.92 Å². The zero-order valence-electron chi connectivity index (χ0n) is 9.41. The molecule has 0 radical (unpaired) electrons. The van der Waals surface area contributed by atoms with Gasteiger partial charge in [0.05, 0.1) is 12.2 Å². The van der Waals surface area contributed by atoms with Gasteiger partial charge in [0.25, 0.3) is 0 Å². The van der Waals surface area contributed by atoms with Gasteiger partial charge in [-0.25, -0.2) is 8.42 Å². The van der Waals surface area contributed by atoms with Crippen molar-refractivity contribution in [2.75, 3.05) is 6.26 Å². The number of aliphatic carboxylic acids is 1. The summed E-state index contributed by atoms with van der Waals surface area (Å²) in [5, 5.41) is 9.05. The second-order valence-corrected chi connectivity index (χ2v) is 5.99. The molecule has 5 nitrogen and oxygen atoms in total.